The molecule has 2 aromatic carbocycles. The van der Waals surface area contributed by atoms with Gasteiger partial charge in [0.2, 0.25) is 0 Å². The van der Waals surface area contributed by atoms with E-state index in [4.69, 9.17) is 14.9 Å². The highest BCUT2D eigenvalue weighted by molar-refractivity contribution is 5.66. The molecule has 3 nitrogen and oxygen atoms in total. The lowest BCUT2D eigenvalue weighted by atomic mass is 10.1. The Bertz CT molecular complexity index is 672. The van der Waals surface area contributed by atoms with Gasteiger partial charge in [-0.05, 0) is 35.9 Å². The van der Waals surface area contributed by atoms with Gasteiger partial charge in [0, 0.05) is 5.56 Å². The summed E-state index contributed by atoms with van der Waals surface area (Å²) < 4.78 is 11.1. The molecule has 0 radical (unpaired) electrons. The summed E-state index contributed by atoms with van der Waals surface area (Å²) >= 11 is 0. The third-order valence-corrected chi connectivity index (χ3v) is 3.08. The molecular weight excluding hydrogens is 250 g/mol. The number of rotatable bonds is 4. The Morgan fingerprint density at radius 2 is 1.55 bits per heavy atom. The zero-order valence-corrected chi connectivity index (χ0v) is 11.0. The summed E-state index contributed by atoms with van der Waals surface area (Å²) in [6.07, 6.45) is 1.66. The smallest absolute Gasteiger partial charge is 0.127 e. The van der Waals surface area contributed by atoms with Crippen LogP contribution in [0.1, 0.15) is 5.76 Å². The van der Waals surface area contributed by atoms with E-state index in [0.717, 1.165) is 28.4 Å². The minimum atomic E-state index is 0.393. The zero-order chi connectivity index (χ0) is 13.8. The van der Waals surface area contributed by atoms with Gasteiger partial charge in [0.25, 0.3) is 0 Å². The minimum absolute atomic E-state index is 0.393. The monoisotopic (exact) mass is 265 g/mol. The van der Waals surface area contributed by atoms with Crippen LogP contribution >= 0.6 is 0 Å². The summed E-state index contributed by atoms with van der Waals surface area (Å²) in [7, 11) is 0. The number of furan rings is 1. The second-order valence-corrected chi connectivity index (χ2v) is 4.40. The van der Waals surface area contributed by atoms with Crippen LogP contribution in [0.3, 0.4) is 0 Å². The van der Waals surface area contributed by atoms with E-state index in [1.165, 1.54) is 0 Å². The number of benzene rings is 2. The fourth-order valence-corrected chi connectivity index (χ4v) is 2.08. The molecule has 0 spiro atoms. The van der Waals surface area contributed by atoms with Crippen molar-refractivity contribution in [1.82, 2.24) is 0 Å². The van der Waals surface area contributed by atoms with Crippen LogP contribution in [0.2, 0.25) is 0 Å². The van der Waals surface area contributed by atoms with Gasteiger partial charge in [0.15, 0.2) is 0 Å². The fourth-order valence-electron chi connectivity index (χ4n) is 2.08. The summed E-state index contributed by atoms with van der Waals surface area (Å²) in [6.45, 7) is 0.393. The third-order valence-electron chi connectivity index (χ3n) is 3.08. The number of para-hydroxylation sites is 1. The van der Waals surface area contributed by atoms with Gasteiger partial charge in [-0.3, -0.25) is 0 Å². The zero-order valence-electron chi connectivity index (χ0n) is 11.0. The van der Waals surface area contributed by atoms with Crippen molar-refractivity contribution in [2.75, 3.05) is 0 Å². The van der Waals surface area contributed by atoms with Crippen LogP contribution in [0.5, 0.6) is 11.5 Å². The van der Waals surface area contributed by atoms with Crippen molar-refractivity contribution in [2.45, 2.75) is 6.54 Å². The summed E-state index contributed by atoms with van der Waals surface area (Å²) in [6, 6.07) is 19.5. The van der Waals surface area contributed by atoms with Crippen LogP contribution in [-0.4, -0.2) is 0 Å². The van der Waals surface area contributed by atoms with Crippen LogP contribution in [0.15, 0.2) is 71.3 Å². The first-order valence-electron chi connectivity index (χ1n) is 6.46. The summed E-state index contributed by atoms with van der Waals surface area (Å²) in [4.78, 5) is 0. The highest BCUT2D eigenvalue weighted by Crippen LogP contribution is 2.28. The van der Waals surface area contributed by atoms with Crippen LogP contribution in [0.25, 0.3) is 11.1 Å². The van der Waals surface area contributed by atoms with Crippen LogP contribution in [0, 0.1) is 0 Å². The number of hydrogen-bond acceptors (Lipinski definition) is 3. The van der Waals surface area contributed by atoms with Crippen molar-refractivity contribution in [3.05, 3.63) is 72.7 Å². The molecule has 0 fully saturated rings. The molecule has 0 bridgehead atoms. The first-order valence-corrected chi connectivity index (χ1v) is 6.46. The number of hydrogen-bond donors (Lipinski definition) is 1. The van der Waals surface area contributed by atoms with Crippen LogP contribution < -0.4 is 10.5 Å². The molecule has 1 aromatic heterocycles. The van der Waals surface area contributed by atoms with Gasteiger partial charge < -0.3 is 14.9 Å². The molecule has 0 saturated heterocycles. The van der Waals surface area contributed by atoms with E-state index in [0.29, 0.717) is 6.54 Å². The molecule has 3 rings (SSSR count). The predicted molar refractivity (Wildman–Crippen MR) is 78.6 cm³/mol. The van der Waals surface area contributed by atoms with E-state index in [-0.39, 0.29) is 0 Å². The Morgan fingerprint density at radius 3 is 2.25 bits per heavy atom. The normalized spacial score (nSPS) is 10.4. The lowest BCUT2D eigenvalue weighted by Gasteiger charge is -2.06. The van der Waals surface area contributed by atoms with Gasteiger partial charge >= 0.3 is 0 Å². The molecule has 0 atom stereocenters. The van der Waals surface area contributed by atoms with E-state index in [1.54, 1.807) is 6.26 Å². The van der Waals surface area contributed by atoms with Crippen molar-refractivity contribution in [1.29, 1.82) is 0 Å². The average molecular weight is 265 g/mol. The van der Waals surface area contributed by atoms with Crippen molar-refractivity contribution < 1.29 is 9.15 Å². The Kier molecular flexibility index (Phi) is 3.52. The van der Waals surface area contributed by atoms with Gasteiger partial charge in [0.1, 0.15) is 17.3 Å². The second-order valence-electron chi connectivity index (χ2n) is 4.40. The standard InChI is InChI=1S/C17H15NO2/c18-12-17-16(10-11-19-17)13-6-8-15(9-7-13)20-14-4-2-1-3-5-14/h1-11H,12,18H2. The molecule has 0 aliphatic carbocycles. The lowest BCUT2D eigenvalue weighted by Crippen LogP contribution is -1.95. The summed E-state index contributed by atoms with van der Waals surface area (Å²) in [5.74, 6) is 2.42. The molecule has 20 heavy (non-hydrogen) atoms. The molecule has 0 saturated carbocycles. The van der Waals surface area contributed by atoms with E-state index in [2.05, 4.69) is 0 Å². The first kappa shape index (κ1) is 12.5. The van der Waals surface area contributed by atoms with Gasteiger partial charge in [0.05, 0.1) is 12.8 Å². The van der Waals surface area contributed by atoms with E-state index in [1.807, 2.05) is 60.7 Å². The van der Waals surface area contributed by atoms with E-state index < -0.39 is 0 Å². The molecule has 100 valence electrons. The quantitative estimate of drug-likeness (QED) is 0.769. The Labute approximate surface area is 117 Å². The number of nitrogens with two attached hydrogens (primary N) is 1. The molecule has 1 heterocycles. The van der Waals surface area contributed by atoms with Crippen molar-refractivity contribution in [3.63, 3.8) is 0 Å². The lowest BCUT2D eigenvalue weighted by molar-refractivity contribution is 0.482. The Morgan fingerprint density at radius 1 is 0.850 bits per heavy atom. The third kappa shape index (κ3) is 2.58. The summed E-state index contributed by atoms with van der Waals surface area (Å²) in [5.41, 5.74) is 7.74. The Balaban J connectivity index is 1.81. The topological polar surface area (TPSA) is 48.4 Å². The maximum atomic E-state index is 5.76. The SMILES string of the molecule is NCc1occc1-c1ccc(Oc2ccccc2)cc1. The maximum absolute atomic E-state index is 5.76. The molecule has 3 aromatic rings. The van der Waals surface area contributed by atoms with Crippen LogP contribution in [0.4, 0.5) is 0 Å². The van der Waals surface area contributed by atoms with Crippen molar-refractivity contribution >= 4 is 0 Å². The first-order chi connectivity index (χ1) is 9.86. The second kappa shape index (κ2) is 5.63. The van der Waals surface area contributed by atoms with Gasteiger partial charge in [-0.1, -0.05) is 30.3 Å². The largest absolute Gasteiger partial charge is 0.467 e. The van der Waals surface area contributed by atoms with Crippen molar-refractivity contribution in [2.24, 2.45) is 5.73 Å². The highest BCUT2D eigenvalue weighted by atomic mass is 16.5. The predicted octanol–water partition coefficient (Wildman–Crippen LogP) is 4.20. The minimum Gasteiger partial charge on any atom is -0.467 e. The Hall–Kier alpha value is -2.52. The maximum Gasteiger partial charge on any atom is 0.127 e. The molecule has 0 unspecified atom stereocenters. The fraction of sp³-hybridized carbons (Fsp3) is 0.0588. The number of ether oxygens (including phenoxy) is 1. The van der Waals surface area contributed by atoms with Gasteiger partial charge in [-0.2, -0.15) is 0 Å². The van der Waals surface area contributed by atoms with Gasteiger partial charge in [-0.25, -0.2) is 0 Å². The van der Waals surface area contributed by atoms with E-state index >= 15 is 0 Å². The highest BCUT2D eigenvalue weighted by Gasteiger charge is 2.07. The molecular formula is C17H15NO2. The van der Waals surface area contributed by atoms with Crippen LogP contribution in [-0.2, 0) is 6.54 Å². The molecule has 2 N–H and O–H groups in total. The molecule has 0 amide bonds. The molecule has 3 heteroatoms. The molecule has 0 aliphatic rings. The summed E-state index contributed by atoms with van der Waals surface area (Å²) in [5, 5.41) is 0. The van der Waals surface area contributed by atoms with Crippen molar-refractivity contribution in [3.8, 4) is 22.6 Å². The average Bonchev–Trinajstić information content (AvgIpc) is 2.98. The molecule has 0 aliphatic heterocycles. The van der Waals surface area contributed by atoms with Gasteiger partial charge in [-0.15, -0.1) is 0 Å². The van der Waals surface area contributed by atoms with E-state index in [9.17, 15) is 0 Å².